The lowest BCUT2D eigenvalue weighted by molar-refractivity contribution is -0.124. The summed E-state index contributed by atoms with van der Waals surface area (Å²) in [5.41, 5.74) is 6.23. The summed E-state index contributed by atoms with van der Waals surface area (Å²) >= 11 is 0. The van der Waals surface area contributed by atoms with Crippen LogP contribution in [0.2, 0.25) is 0 Å². The predicted octanol–water partition coefficient (Wildman–Crippen LogP) is 4.18. The maximum atomic E-state index is 15.2. The molecule has 0 spiro atoms. The molecule has 2 amide bonds. The predicted molar refractivity (Wildman–Crippen MR) is 136 cm³/mol. The van der Waals surface area contributed by atoms with Crippen LogP contribution in [0.25, 0.3) is 0 Å². The summed E-state index contributed by atoms with van der Waals surface area (Å²) in [7, 11) is 0. The number of amides is 2. The van der Waals surface area contributed by atoms with Gasteiger partial charge in [0.05, 0.1) is 5.71 Å². The number of benzene rings is 1. The van der Waals surface area contributed by atoms with Gasteiger partial charge in [-0.15, -0.1) is 0 Å². The van der Waals surface area contributed by atoms with Crippen LogP contribution in [-0.2, 0) is 19.7 Å². The van der Waals surface area contributed by atoms with E-state index in [2.05, 4.69) is 17.6 Å². The van der Waals surface area contributed by atoms with E-state index in [9.17, 15) is 9.59 Å². The second kappa shape index (κ2) is 11.3. The number of nitrogen functional groups attached to an aromatic ring is 1. The average molecular weight is 488 g/mol. The molecular weight excluding hydrogens is 449 g/mol. The van der Waals surface area contributed by atoms with Gasteiger partial charge in [0.25, 0.3) is 5.91 Å². The zero-order valence-corrected chi connectivity index (χ0v) is 20.9. The molecule has 1 atom stereocenters. The van der Waals surface area contributed by atoms with Crippen LogP contribution in [0.1, 0.15) is 71.3 Å². The zero-order valence-electron chi connectivity index (χ0n) is 20.9. The third-order valence-electron chi connectivity index (χ3n) is 7.57. The maximum absolute atomic E-state index is 15.2. The molecule has 9 heteroatoms. The smallest absolute Gasteiger partial charge is 0.271 e. The lowest BCUT2D eigenvalue weighted by Gasteiger charge is -2.35. The second-order valence-electron chi connectivity index (χ2n) is 10.3. The van der Waals surface area contributed by atoms with Gasteiger partial charge in [0.2, 0.25) is 5.91 Å². The Bertz CT molecular complexity index is 958. The zero-order chi connectivity index (χ0) is 25.8. The van der Waals surface area contributed by atoms with Crippen LogP contribution in [0.4, 0.5) is 15.8 Å². The van der Waals surface area contributed by atoms with Crippen molar-refractivity contribution in [2.45, 2.75) is 77.2 Å². The summed E-state index contributed by atoms with van der Waals surface area (Å²) in [6.45, 7) is 6.91. The minimum absolute atomic E-state index is 0.0917. The number of nitrogens with one attached hydrogen (secondary N) is 4. The summed E-state index contributed by atoms with van der Waals surface area (Å²) in [6, 6.07) is 1.95. The Hall–Kier alpha value is -2.81. The first-order valence-corrected chi connectivity index (χ1v) is 12.5. The molecule has 1 saturated carbocycles. The van der Waals surface area contributed by atoms with Crippen LogP contribution >= 0.6 is 0 Å². The van der Waals surface area contributed by atoms with Gasteiger partial charge in [-0.25, -0.2) is 4.39 Å². The van der Waals surface area contributed by atoms with Gasteiger partial charge in [-0.1, -0.05) is 33.6 Å². The molecule has 3 rings (SSSR count). The van der Waals surface area contributed by atoms with E-state index in [0.29, 0.717) is 37.5 Å². The third-order valence-corrected chi connectivity index (χ3v) is 7.57. The molecule has 0 bridgehead atoms. The molecule has 1 aliphatic heterocycles. The summed E-state index contributed by atoms with van der Waals surface area (Å²) < 4.78 is 20.7. The van der Waals surface area contributed by atoms with Crippen molar-refractivity contribution in [2.75, 3.05) is 24.3 Å². The molecule has 1 heterocycles. The maximum Gasteiger partial charge on any atom is 0.271 e. The minimum atomic E-state index is -0.892. The van der Waals surface area contributed by atoms with Gasteiger partial charge < -0.3 is 26.5 Å². The molecule has 0 radical (unpaired) electrons. The Kier molecular flexibility index (Phi) is 8.64. The summed E-state index contributed by atoms with van der Waals surface area (Å²) in [5, 5.41) is 21.2. The second-order valence-corrected chi connectivity index (χ2v) is 10.3. The highest BCUT2D eigenvalue weighted by Gasteiger charge is 2.36. The first-order valence-electron chi connectivity index (χ1n) is 12.5. The molecule has 8 nitrogen and oxygen atoms in total. The number of hydrogen-bond donors (Lipinski definition) is 5. The Morgan fingerprint density at radius 1 is 1.20 bits per heavy atom. The number of carbonyl (C=O) groups excluding carboxylic acids is 2. The van der Waals surface area contributed by atoms with E-state index < -0.39 is 34.8 Å². The number of hydrogen-bond acceptors (Lipinski definition) is 6. The Morgan fingerprint density at radius 2 is 1.83 bits per heavy atom. The molecule has 1 aromatic rings. The van der Waals surface area contributed by atoms with Crippen molar-refractivity contribution in [3.05, 3.63) is 23.5 Å². The summed E-state index contributed by atoms with van der Waals surface area (Å²) in [6.07, 6.45) is 4.96. The Balaban J connectivity index is 1.81. The van der Waals surface area contributed by atoms with Gasteiger partial charge >= 0.3 is 0 Å². The van der Waals surface area contributed by atoms with Crippen LogP contribution in [0.5, 0.6) is 0 Å². The van der Waals surface area contributed by atoms with Crippen molar-refractivity contribution < 1.29 is 18.7 Å². The van der Waals surface area contributed by atoms with Gasteiger partial charge in [-0.05, 0) is 56.1 Å². The van der Waals surface area contributed by atoms with Crippen LogP contribution in [0, 0.1) is 28.5 Å². The number of ether oxygens (including phenoxy) is 1. The topological polar surface area (TPSA) is 141 Å². The van der Waals surface area contributed by atoms with E-state index in [1.54, 1.807) is 13.0 Å². The normalized spacial score (nSPS) is 22.6. The highest BCUT2D eigenvalue weighted by Crippen LogP contribution is 2.40. The van der Waals surface area contributed by atoms with E-state index in [1.807, 2.05) is 6.92 Å². The van der Waals surface area contributed by atoms with Crippen molar-refractivity contribution >= 4 is 34.6 Å². The summed E-state index contributed by atoms with van der Waals surface area (Å²) in [5.74, 6) is -1.26. The van der Waals surface area contributed by atoms with Gasteiger partial charge in [-0.3, -0.25) is 15.0 Å². The third kappa shape index (κ3) is 6.25. The molecule has 6 N–H and O–H groups in total. The standard InChI is InChI=1S/C26H38FN5O3/c1-4-19(28)22(30)24(33)32-23(16-7-5-15(2)6-8-16)25(34)31-17-13-18(27)21(20(29)14-17)26(3)9-11-35-12-10-26/h13-16,23,28,30H,4-12,29H2,1-3H3,(H,31,34)(H,32,33). The largest absolute Gasteiger partial charge is 0.398 e. The van der Waals surface area contributed by atoms with Crippen LogP contribution in [0.3, 0.4) is 0 Å². The van der Waals surface area contributed by atoms with Gasteiger partial charge in [0, 0.05) is 35.6 Å². The molecule has 192 valence electrons. The number of anilines is 2. The van der Waals surface area contributed by atoms with E-state index >= 15 is 4.39 Å². The van der Waals surface area contributed by atoms with Crippen LogP contribution in [0.15, 0.2) is 12.1 Å². The van der Waals surface area contributed by atoms with E-state index in [1.165, 1.54) is 6.07 Å². The fourth-order valence-corrected chi connectivity index (χ4v) is 5.17. The number of halogens is 1. The van der Waals surface area contributed by atoms with Crippen molar-refractivity contribution in [3.8, 4) is 0 Å². The van der Waals surface area contributed by atoms with E-state index in [4.69, 9.17) is 21.3 Å². The van der Waals surface area contributed by atoms with Crippen molar-refractivity contribution in [1.82, 2.24) is 5.32 Å². The van der Waals surface area contributed by atoms with Crippen molar-refractivity contribution in [3.63, 3.8) is 0 Å². The Labute approximate surface area is 206 Å². The quantitative estimate of drug-likeness (QED) is 0.277. The highest BCUT2D eigenvalue weighted by atomic mass is 19.1. The fraction of sp³-hybridized carbons (Fsp3) is 0.615. The van der Waals surface area contributed by atoms with E-state index in [0.717, 1.165) is 25.7 Å². The van der Waals surface area contributed by atoms with Crippen molar-refractivity contribution in [2.24, 2.45) is 11.8 Å². The van der Waals surface area contributed by atoms with Crippen LogP contribution in [-0.4, -0.2) is 42.5 Å². The monoisotopic (exact) mass is 487 g/mol. The highest BCUT2D eigenvalue weighted by molar-refractivity contribution is 6.65. The molecular formula is C26H38FN5O3. The molecule has 35 heavy (non-hydrogen) atoms. The minimum Gasteiger partial charge on any atom is -0.398 e. The molecule has 0 aromatic heterocycles. The molecule has 2 aliphatic rings. The number of carbonyl (C=O) groups is 2. The van der Waals surface area contributed by atoms with Gasteiger partial charge in [-0.2, -0.15) is 0 Å². The molecule has 2 fully saturated rings. The van der Waals surface area contributed by atoms with Gasteiger partial charge in [0.1, 0.15) is 17.6 Å². The fourth-order valence-electron chi connectivity index (χ4n) is 5.17. The first-order chi connectivity index (χ1) is 16.6. The van der Waals surface area contributed by atoms with Gasteiger partial charge in [0.15, 0.2) is 0 Å². The van der Waals surface area contributed by atoms with E-state index in [-0.39, 0.29) is 29.4 Å². The summed E-state index contributed by atoms with van der Waals surface area (Å²) in [4.78, 5) is 26.0. The van der Waals surface area contributed by atoms with Crippen LogP contribution < -0.4 is 16.4 Å². The molecule has 1 saturated heterocycles. The lowest BCUT2D eigenvalue weighted by atomic mass is 9.75. The Morgan fingerprint density at radius 3 is 2.40 bits per heavy atom. The SMILES string of the molecule is CCC(=N)C(=N)C(=O)NC(C(=O)Nc1cc(N)c(C2(C)CCOCC2)c(F)c1)C1CCC(C)CC1. The number of rotatable bonds is 8. The number of nitrogens with two attached hydrogens (primary N) is 1. The molecule has 1 aromatic carbocycles. The van der Waals surface area contributed by atoms with Crippen molar-refractivity contribution in [1.29, 1.82) is 10.8 Å². The first kappa shape index (κ1) is 26.8. The molecule has 1 aliphatic carbocycles. The molecule has 1 unspecified atom stereocenters. The average Bonchev–Trinajstić information content (AvgIpc) is 2.81. The lowest BCUT2D eigenvalue weighted by Crippen LogP contribution is -2.52.